The van der Waals surface area contributed by atoms with E-state index in [1.807, 2.05) is 18.2 Å². The Kier molecular flexibility index (Phi) is 4.50. The van der Waals surface area contributed by atoms with Crippen molar-refractivity contribution >= 4 is 17.6 Å². The molecule has 2 heterocycles. The van der Waals surface area contributed by atoms with Crippen molar-refractivity contribution in [2.75, 3.05) is 37.6 Å². The lowest BCUT2D eigenvalue weighted by Gasteiger charge is -2.34. The van der Waals surface area contributed by atoms with Gasteiger partial charge in [-0.05, 0) is 12.1 Å². The summed E-state index contributed by atoms with van der Waals surface area (Å²) < 4.78 is 0. The SMILES string of the molecule is N#CCNC(=O)C(=O)N1CCN(c2ccccn2)CC1. The molecule has 2 amide bonds. The molecular weight excluding hydrogens is 258 g/mol. The van der Waals surface area contributed by atoms with Gasteiger partial charge in [-0.2, -0.15) is 5.26 Å². The van der Waals surface area contributed by atoms with Gasteiger partial charge >= 0.3 is 11.8 Å². The van der Waals surface area contributed by atoms with Crippen LogP contribution in [0.5, 0.6) is 0 Å². The number of aromatic nitrogens is 1. The van der Waals surface area contributed by atoms with Crippen LogP contribution in [0.25, 0.3) is 0 Å². The number of piperazine rings is 1. The van der Waals surface area contributed by atoms with Gasteiger partial charge in [0, 0.05) is 32.4 Å². The van der Waals surface area contributed by atoms with Crippen LogP contribution in [0.3, 0.4) is 0 Å². The second-order valence-electron chi connectivity index (χ2n) is 4.31. The first-order valence-electron chi connectivity index (χ1n) is 6.32. The van der Waals surface area contributed by atoms with E-state index in [1.165, 1.54) is 4.90 Å². The van der Waals surface area contributed by atoms with E-state index in [0.717, 1.165) is 5.82 Å². The van der Waals surface area contributed by atoms with Crippen molar-refractivity contribution in [3.05, 3.63) is 24.4 Å². The van der Waals surface area contributed by atoms with Gasteiger partial charge in [0.1, 0.15) is 12.4 Å². The highest BCUT2D eigenvalue weighted by molar-refractivity contribution is 6.35. The molecule has 1 aromatic heterocycles. The Morgan fingerprint density at radius 2 is 2.05 bits per heavy atom. The molecule has 1 saturated heterocycles. The molecule has 104 valence electrons. The fraction of sp³-hybridized carbons (Fsp3) is 0.385. The zero-order chi connectivity index (χ0) is 14.4. The predicted molar refractivity (Wildman–Crippen MR) is 71.7 cm³/mol. The summed E-state index contributed by atoms with van der Waals surface area (Å²) in [5.74, 6) is -0.438. The summed E-state index contributed by atoms with van der Waals surface area (Å²) in [6, 6.07) is 7.44. The number of nitrogens with one attached hydrogen (secondary N) is 1. The van der Waals surface area contributed by atoms with Crippen LogP contribution in [0.4, 0.5) is 5.82 Å². The third-order valence-electron chi connectivity index (χ3n) is 3.06. The average molecular weight is 273 g/mol. The lowest BCUT2D eigenvalue weighted by atomic mass is 10.3. The molecule has 0 bridgehead atoms. The first kappa shape index (κ1) is 13.8. The highest BCUT2D eigenvalue weighted by atomic mass is 16.2. The minimum atomic E-state index is -0.724. The molecule has 2 rings (SSSR count). The Morgan fingerprint density at radius 1 is 1.30 bits per heavy atom. The first-order chi connectivity index (χ1) is 9.72. The van der Waals surface area contributed by atoms with Gasteiger partial charge in [-0.1, -0.05) is 6.07 Å². The van der Waals surface area contributed by atoms with Crippen LogP contribution in [-0.2, 0) is 9.59 Å². The molecule has 7 heteroatoms. The fourth-order valence-corrected chi connectivity index (χ4v) is 2.02. The maximum Gasteiger partial charge on any atom is 0.312 e. The van der Waals surface area contributed by atoms with Crippen LogP contribution in [0.2, 0.25) is 0 Å². The number of carbonyl (C=O) groups is 2. The smallest absolute Gasteiger partial charge is 0.312 e. The molecule has 20 heavy (non-hydrogen) atoms. The Morgan fingerprint density at radius 3 is 2.65 bits per heavy atom. The highest BCUT2D eigenvalue weighted by Crippen LogP contribution is 2.12. The molecule has 0 aliphatic carbocycles. The van der Waals surface area contributed by atoms with Crippen molar-refractivity contribution in [2.45, 2.75) is 0 Å². The summed E-state index contributed by atoms with van der Waals surface area (Å²) in [4.78, 5) is 31.1. The average Bonchev–Trinajstić information content (AvgIpc) is 2.53. The van der Waals surface area contributed by atoms with E-state index in [1.54, 1.807) is 12.3 Å². The summed E-state index contributed by atoms with van der Waals surface area (Å²) in [5, 5.41) is 10.6. The van der Waals surface area contributed by atoms with Crippen molar-refractivity contribution in [3.8, 4) is 6.07 Å². The van der Waals surface area contributed by atoms with Crippen LogP contribution in [0.15, 0.2) is 24.4 Å². The summed E-state index contributed by atoms with van der Waals surface area (Å²) in [6.07, 6.45) is 1.72. The number of nitrogens with zero attached hydrogens (tertiary/aromatic N) is 4. The van der Waals surface area contributed by atoms with E-state index in [-0.39, 0.29) is 6.54 Å². The van der Waals surface area contributed by atoms with Gasteiger partial charge in [0.15, 0.2) is 0 Å². The number of nitriles is 1. The largest absolute Gasteiger partial charge is 0.353 e. The molecule has 1 aromatic rings. The van der Waals surface area contributed by atoms with E-state index in [4.69, 9.17) is 5.26 Å². The second-order valence-corrected chi connectivity index (χ2v) is 4.31. The van der Waals surface area contributed by atoms with E-state index in [9.17, 15) is 9.59 Å². The van der Waals surface area contributed by atoms with Crippen molar-refractivity contribution in [3.63, 3.8) is 0 Å². The minimum absolute atomic E-state index is 0.154. The summed E-state index contributed by atoms with van der Waals surface area (Å²) in [5.41, 5.74) is 0. The molecule has 1 aliphatic rings. The lowest BCUT2D eigenvalue weighted by molar-refractivity contribution is -0.145. The molecule has 0 atom stereocenters. The quantitative estimate of drug-likeness (QED) is 0.572. The Bertz CT molecular complexity index is 517. The number of hydrogen-bond acceptors (Lipinski definition) is 5. The number of anilines is 1. The summed E-state index contributed by atoms with van der Waals surface area (Å²) >= 11 is 0. The number of amides is 2. The maximum absolute atomic E-state index is 11.8. The number of carbonyl (C=O) groups excluding carboxylic acids is 2. The molecule has 0 saturated carbocycles. The maximum atomic E-state index is 11.8. The third kappa shape index (κ3) is 3.23. The van der Waals surface area contributed by atoms with Gasteiger partial charge in [-0.15, -0.1) is 0 Å². The third-order valence-corrected chi connectivity index (χ3v) is 3.06. The zero-order valence-corrected chi connectivity index (χ0v) is 11.0. The van der Waals surface area contributed by atoms with Gasteiger partial charge < -0.3 is 15.1 Å². The molecule has 0 aromatic carbocycles. The summed E-state index contributed by atoms with van der Waals surface area (Å²) in [6.45, 7) is 2.05. The molecular formula is C13H15N5O2. The van der Waals surface area contributed by atoms with Crippen molar-refractivity contribution in [1.82, 2.24) is 15.2 Å². The lowest BCUT2D eigenvalue weighted by Crippen LogP contribution is -2.52. The molecule has 1 aliphatic heterocycles. The van der Waals surface area contributed by atoms with Crippen LogP contribution >= 0.6 is 0 Å². The van der Waals surface area contributed by atoms with Crippen molar-refractivity contribution in [1.29, 1.82) is 5.26 Å². The topological polar surface area (TPSA) is 89.3 Å². The Balaban J connectivity index is 1.87. The van der Waals surface area contributed by atoms with Crippen LogP contribution in [-0.4, -0.2) is 54.4 Å². The Labute approximate surface area is 116 Å². The standard InChI is InChI=1S/C13H15N5O2/c14-4-6-16-12(19)13(20)18-9-7-17(8-10-18)11-3-1-2-5-15-11/h1-3,5H,6-10H2,(H,16,19). The van der Waals surface area contributed by atoms with E-state index < -0.39 is 11.8 Å². The number of pyridine rings is 1. The molecule has 1 fully saturated rings. The van der Waals surface area contributed by atoms with E-state index in [2.05, 4.69) is 15.2 Å². The van der Waals surface area contributed by atoms with Crippen molar-refractivity contribution < 1.29 is 9.59 Å². The normalized spacial score (nSPS) is 14.6. The van der Waals surface area contributed by atoms with Gasteiger partial charge in [0.2, 0.25) is 0 Å². The monoisotopic (exact) mass is 273 g/mol. The van der Waals surface area contributed by atoms with E-state index >= 15 is 0 Å². The Hall–Kier alpha value is -2.62. The van der Waals surface area contributed by atoms with Gasteiger partial charge in [-0.25, -0.2) is 4.98 Å². The van der Waals surface area contributed by atoms with Gasteiger partial charge in [0.05, 0.1) is 6.07 Å². The second kappa shape index (κ2) is 6.52. The molecule has 1 N–H and O–H groups in total. The highest BCUT2D eigenvalue weighted by Gasteiger charge is 2.26. The summed E-state index contributed by atoms with van der Waals surface area (Å²) in [7, 11) is 0. The number of rotatable bonds is 2. The van der Waals surface area contributed by atoms with Crippen LogP contribution < -0.4 is 10.2 Å². The predicted octanol–water partition coefficient (Wildman–Crippen LogP) is -0.630. The fourth-order valence-electron chi connectivity index (χ4n) is 2.02. The van der Waals surface area contributed by atoms with Crippen LogP contribution in [0.1, 0.15) is 0 Å². The molecule has 0 radical (unpaired) electrons. The number of hydrogen-bond donors (Lipinski definition) is 1. The van der Waals surface area contributed by atoms with Gasteiger partial charge in [-0.3, -0.25) is 9.59 Å². The van der Waals surface area contributed by atoms with Crippen molar-refractivity contribution in [2.24, 2.45) is 0 Å². The first-order valence-corrected chi connectivity index (χ1v) is 6.32. The van der Waals surface area contributed by atoms with E-state index in [0.29, 0.717) is 26.2 Å². The molecule has 0 spiro atoms. The molecule has 7 nitrogen and oxygen atoms in total. The molecule has 0 unspecified atom stereocenters. The zero-order valence-electron chi connectivity index (χ0n) is 11.0. The van der Waals surface area contributed by atoms with Crippen LogP contribution in [0, 0.1) is 11.3 Å². The van der Waals surface area contributed by atoms with Gasteiger partial charge in [0.25, 0.3) is 0 Å². The minimum Gasteiger partial charge on any atom is -0.353 e.